The number of aromatic amines is 1. The Morgan fingerprint density at radius 1 is 1.21 bits per heavy atom. The molecule has 0 aliphatic carbocycles. The van der Waals surface area contributed by atoms with Crippen LogP contribution in [0.15, 0.2) is 18.5 Å². The summed E-state index contributed by atoms with van der Waals surface area (Å²) in [5.74, 6) is 2.25. The number of rotatable bonds is 3. The van der Waals surface area contributed by atoms with E-state index in [1.165, 1.54) is 0 Å². The van der Waals surface area contributed by atoms with Crippen LogP contribution in [0.2, 0.25) is 0 Å². The number of ether oxygens (including phenoxy) is 1. The van der Waals surface area contributed by atoms with Gasteiger partial charge in [0.1, 0.15) is 23.1 Å². The maximum atomic E-state index is 15.4. The van der Waals surface area contributed by atoms with E-state index in [9.17, 15) is 0 Å². The van der Waals surface area contributed by atoms with Gasteiger partial charge in [0, 0.05) is 30.6 Å². The zero-order chi connectivity index (χ0) is 22.3. The summed E-state index contributed by atoms with van der Waals surface area (Å²) in [6, 6.07) is 2.23. The molecule has 3 aromatic heterocycles. The number of halogens is 1. The number of aromatic nitrogens is 5. The number of aryl methyl sites for hydroxylation is 1. The van der Waals surface area contributed by atoms with Gasteiger partial charge in [-0.2, -0.15) is 9.97 Å². The van der Waals surface area contributed by atoms with Crippen LogP contribution in [0.3, 0.4) is 0 Å². The van der Waals surface area contributed by atoms with Crippen LogP contribution in [0.5, 0.6) is 11.8 Å². The second kappa shape index (κ2) is 6.74. The van der Waals surface area contributed by atoms with Gasteiger partial charge in [-0.3, -0.25) is 0 Å². The lowest BCUT2D eigenvalue weighted by molar-refractivity contribution is 0.438. The standard InChI is InChI=1S/C23H23FN8O/c1-10-27-7-12(8-28-10)33-23-30-21-18-17-13(14(24)6-15(25-2)20(17)29-21)5-16-19-11(3-4-26-19)9-32(16)22(18)31-23/h6-8,11,16,19,25-26H,3-5,9H2,1-2H3,(H,29,30,31)/t11-,16+,19?/m1/s1. The molecule has 0 saturated carbocycles. The minimum atomic E-state index is -0.195. The van der Waals surface area contributed by atoms with Crippen molar-refractivity contribution >= 4 is 33.4 Å². The number of fused-ring (bicyclic) bond motifs is 4. The Morgan fingerprint density at radius 2 is 2.06 bits per heavy atom. The predicted octanol–water partition coefficient (Wildman–Crippen LogP) is 2.91. The molecular weight excluding hydrogens is 423 g/mol. The number of hydrogen-bond acceptors (Lipinski definition) is 8. The molecule has 1 aromatic carbocycles. The third-order valence-corrected chi connectivity index (χ3v) is 7.31. The maximum absolute atomic E-state index is 15.4. The fourth-order valence-electron chi connectivity index (χ4n) is 5.86. The Bertz CT molecular complexity index is 1420. The van der Waals surface area contributed by atoms with Crippen molar-refractivity contribution in [1.82, 2.24) is 30.2 Å². The molecular formula is C23H23FN8O. The fraction of sp³-hybridized carbons (Fsp3) is 0.391. The molecule has 3 atom stereocenters. The van der Waals surface area contributed by atoms with Crippen LogP contribution in [0.4, 0.5) is 15.9 Å². The molecule has 9 nitrogen and oxygen atoms in total. The van der Waals surface area contributed by atoms with E-state index in [2.05, 4.69) is 35.5 Å². The number of nitrogens with one attached hydrogen (secondary N) is 3. The summed E-state index contributed by atoms with van der Waals surface area (Å²) in [5.41, 5.74) is 2.89. The van der Waals surface area contributed by atoms with Crippen molar-refractivity contribution in [3.63, 3.8) is 0 Å². The lowest BCUT2D eigenvalue weighted by atomic mass is 9.94. The molecule has 7 rings (SSSR count). The normalized spacial score (nSPS) is 23.2. The quantitative estimate of drug-likeness (QED) is 0.441. The molecule has 0 amide bonds. The van der Waals surface area contributed by atoms with Crippen LogP contribution in [0.25, 0.3) is 21.9 Å². The van der Waals surface area contributed by atoms with E-state index >= 15 is 4.39 Å². The molecule has 10 heteroatoms. The number of nitrogens with zero attached hydrogens (tertiary/aromatic N) is 5. The van der Waals surface area contributed by atoms with Crippen molar-refractivity contribution in [2.75, 3.05) is 30.4 Å². The molecule has 3 aliphatic rings. The molecule has 4 aromatic rings. The summed E-state index contributed by atoms with van der Waals surface area (Å²) in [6.07, 6.45) is 4.95. The summed E-state index contributed by atoms with van der Waals surface area (Å²) >= 11 is 0. The summed E-state index contributed by atoms with van der Waals surface area (Å²) in [7, 11) is 1.79. The number of hydrogen-bond donors (Lipinski definition) is 3. The minimum absolute atomic E-state index is 0.122. The highest BCUT2D eigenvalue weighted by molar-refractivity contribution is 6.16. The van der Waals surface area contributed by atoms with Crippen LogP contribution in [0.1, 0.15) is 17.8 Å². The first kappa shape index (κ1) is 19.0. The fourth-order valence-corrected chi connectivity index (χ4v) is 5.86. The number of H-pyrrole nitrogens is 1. The van der Waals surface area contributed by atoms with Gasteiger partial charge in [-0.15, -0.1) is 0 Å². The molecule has 168 valence electrons. The second-order valence-electron chi connectivity index (χ2n) is 9.08. The third-order valence-electron chi connectivity index (χ3n) is 7.31. The molecule has 0 radical (unpaired) electrons. The van der Waals surface area contributed by atoms with Gasteiger partial charge in [0.25, 0.3) is 0 Å². The average molecular weight is 446 g/mol. The Morgan fingerprint density at radius 3 is 2.88 bits per heavy atom. The molecule has 3 N–H and O–H groups in total. The molecule has 6 heterocycles. The van der Waals surface area contributed by atoms with Gasteiger partial charge in [-0.05, 0) is 38.3 Å². The third kappa shape index (κ3) is 2.67. The van der Waals surface area contributed by atoms with Crippen molar-refractivity contribution in [1.29, 1.82) is 0 Å². The van der Waals surface area contributed by atoms with Crippen molar-refractivity contribution < 1.29 is 9.13 Å². The molecule has 0 spiro atoms. The van der Waals surface area contributed by atoms with Crippen LogP contribution < -0.4 is 20.3 Å². The van der Waals surface area contributed by atoms with E-state index in [-0.39, 0.29) is 17.9 Å². The zero-order valence-electron chi connectivity index (χ0n) is 18.3. The predicted molar refractivity (Wildman–Crippen MR) is 122 cm³/mol. The topological polar surface area (TPSA) is 104 Å². The molecule has 2 fully saturated rings. The lowest BCUT2D eigenvalue weighted by Gasteiger charge is -2.28. The van der Waals surface area contributed by atoms with Gasteiger partial charge in [0.05, 0.1) is 35.0 Å². The average Bonchev–Trinajstić information content (AvgIpc) is 3.48. The Hall–Kier alpha value is -3.53. The van der Waals surface area contributed by atoms with Crippen LogP contribution in [0, 0.1) is 18.7 Å². The SMILES string of the molecule is CNc1cc(F)c2c3c1[nH]c1nc(Oc4cnc(C)nc4)nc(c13)N1C[C@H]3CCNC3[C@@H]1C2. The summed E-state index contributed by atoms with van der Waals surface area (Å²) < 4.78 is 21.4. The highest BCUT2D eigenvalue weighted by Gasteiger charge is 2.47. The molecule has 33 heavy (non-hydrogen) atoms. The molecule has 1 unspecified atom stereocenters. The largest absolute Gasteiger partial charge is 0.421 e. The van der Waals surface area contributed by atoms with Gasteiger partial charge in [-0.25, -0.2) is 14.4 Å². The van der Waals surface area contributed by atoms with Crippen LogP contribution in [-0.2, 0) is 6.42 Å². The molecule has 0 bridgehead atoms. The molecule has 2 saturated heterocycles. The van der Waals surface area contributed by atoms with E-state index in [1.54, 1.807) is 25.5 Å². The lowest BCUT2D eigenvalue weighted by Crippen LogP contribution is -2.43. The van der Waals surface area contributed by atoms with Crippen molar-refractivity contribution in [3.05, 3.63) is 35.7 Å². The van der Waals surface area contributed by atoms with Gasteiger partial charge in [0.15, 0.2) is 5.75 Å². The van der Waals surface area contributed by atoms with Crippen molar-refractivity contribution in [3.8, 4) is 11.8 Å². The first-order valence-corrected chi connectivity index (χ1v) is 11.3. The minimum Gasteiger partial charge on any atom is -0.421 e. The summed E-state index contributed by atoms with van der Waals surface area (Å²) in [5, 5.41) is 8.48. The van der Waals surface area contributed by atoms with Crippen LogP contribution >= 0.6 is 0 Å². The Kier molecular flexibility index (Phi) is 3.88. The monoisotopic (exact) mass is 446 g/mol. The highest BCUT2D eigenvalue weighted by Crippen LogP contribution is 2.46. The van der Waals surface area contributed by atoms with Gasteiger partial charge >= 0.3 is 6.01 Å². The summed E-state index contributed by atoms with van der Waals surface area (Å²) in [4.78, 5) is 23.7. The van der Waals surface area contributed by atoms with E-state index < -0.39 is 0 Å². The van der Waals surface area contributed by atoms with Crippen LogP contribution in [-0.4, -0.2) is 57.1 Å². The first-order chi connectivity index (χ1) is 16.1. The van der Waals surface area contributed by atoms with Crippen molar-refractivity contribution in [2.45, 2.75) is 31.8 Å². The number of anilines is 2. The van der Waals surface area contributed by atoms with E-state index in [1.807, 2.05) is 6.92 Å². The van der Waals surface area contributed by atoms with E-state index in [4.69, 9.17) is 9.72 Å². The van der Waals surface area contributed by atoms with Gasteiger partial charge < -0.3 is 25.3 Å². The first-order valence-electron chi connectivity index (χ1n) is 11.3. The Balaban J connectivity index is 1.48. The molecule has 3 aliphatic heterocycles. The van der Waals surface area contributed by atoms with E-state index in [0.717, 1.165) is 47.2 Å². The summed E-state index contributed by atoms with van der Waals surface area (Å²) in [6.45, 7) is 3.70. The maximum Gasteiger partial charge on any atom is 0.326 e. The smallest absolute Gasteiger partial charge is 0.326 e. The van der Waals surface area contributed by atoms with Gasteiger partial charge in [0.2, 0.25) is 0 Å². The number of benzene rings is 1. The Labute approximate surface area is 188 Å². The highest BCUT2D eigenvalue weighted by atomic mass is 19.1. The van der Waals surface area contributed by atoms with E-state index in [0.29, 0.717) is 41.3 Å². The zero-order valence-corrected chi connectivity index (χ0v) is 18.3. The van der Waals surface area contributed by atoms with Crippen molar-refractivity contribution in [2.24, 2.45) is 5.92 Å². The van der Waals surface area contributed by atoms with Gasteiger partial charge in [-0.1, -0.05) is 0 Å². The second-order valence-corrected chi connectivity index (χ2v) is 9.08.